The number of aliphatic hydroxyl groups is 1. The molecule has 1 fully saturated rings. The molecule has 1 aromatic heterocycles. The fourth-order valence-corrected chi connectivity index (χ4v) is 3.69. The van der Waals surface area contributed by atoms with Crippen LogP contribution in [0.3, 0.4) is 0 Å². The lowest BCUT2D eigenvalue weighted by Gasteiger charge is -2.27. The first kappa shape index (κ1) is 17.9. The number of hydrogen-bond acceptors (Lipinski definition) is 4. The van der Waals surface area contributed by atoms with Crippen LogP contribution in [0.4, 0.5) is 4.39 Å². The zero-order valence-electron chi connectivity index (χ0n) is 15.1. The molecule has 0 radical (unpaired) electrons. The molecule has 2 aromatic rings. The van der Waals surface area contributed by atoms with Crippen LogP contribution < -0.4 is 4.74 Å². The molecular formula is C19H26FN3O2. The van der Waals surface area contributed by atoms with Crippen molar-refractivity contribution in [3.8, 4) is 5.75 Å². The van der Waals surface area contributed by atoms with Crippen LogP contribution in [0.2, 0.25) is 0 Å². The lowest BCUT2D eigenvalue weighted by molar-refractivity contribution is 0.0636. The van der Waals surface area contributed by atoms with Crippen LogP contribution in [0.5, 0.6) is 5.75 Å². The summed E-state index contributed by atoms with van der Waals surface area (Å²) in [5.41, 5.74) is 3.53. The Balaban J connectivity index is 1.60. The summed E-state index contributed by atoms with van der Waals surface area (Å²) < 4.78 is 20.4. The maximum atomic E-state index is 12.9. The van der Waals surface area contributed by atoms with Gasteiger partial charge in [-0.3, -0.25) is 9.58 Å². The number of ether oxygens (including phenoxy) is 1. The molecule has 2 atom stereocenters. The predicted molar refractivity (Wildman–Crippen MR) is 94.1 cm³/mol. The van der Waals surface area contributed by atoms with Gasteiger partial charge in [0.05, 0.1) is 5.69 Å². The van der Waals surface area contributed by atoms with Gasteiger partial charge >= 0.3 is 0 Å². The Kier molecular flexibility index (Phi) is 5.39. The Morgan fingerprint density at radius 2 is 2.04 bits per heavy atom. The molecule has 136 valence electrons. The quantitative estimate of drug-likeness (QED) is 0.873. The van der Waals surface area contributed by atoms with Crippen molar-refractivity contribution in [1.82, 2.24) is 14.7 Å². The Morgan fingerprint density at radius 1 is 1.32 bits per heavy atom. The van der Waals surface area contributed by atoms with Crippen LogP contribution in [0.1, 0.15) is 35.8 Å². The first-order valence-electron chi connectivity index (χ1n) is 8.76. The summed E-state index contributed by atoms with van der Waals surface area (Å²) in [6.07, 6.45) is 1.60. The van der Waals surface area contributed by atoms with Crippen molar-refractivity contribution in [2.24, 2.45) is 7.05 Å². The van der Waals surface area contributed by atoms with E-state index in [2.05, 4.69) is 16.9 Å². The largest absolute Gasteiger partial charge is 0.491 e. The van der Waals surface area contributed by atoms with Crippen LogP contribution in [-0.2, 0) is 7.05 Å². The van der Waals surface area contributed by atoms with Crippen molar-refractivity contribution >= 4 is 0 Å². The molecular weight excluding hydrogens is 321 g/mol. The normalized spacial score (nSPS) is 19.3. The van der Waals surface area contributed by atoms with E-state index in [1.165, 1.54) is 23.4 Å². The minimum absolute atomic E-state index is 0.194. The first-order chi connectivity index (χ1) is 12.0. The monoisotopic (exact) mass is 347 g/mol. The highest BCUT2D eigenvalue weighted by Crippen LogP contribution is 2.35. The summed E-state index contributed by atoms with van der Waals surface area (Å²) in [4.78, 5) is 2.32. The average Bonchev–Trinajstić information content (AvgIpc) is 3.11. The molecule has 1 N–H and O–H groups in total. The third-order valence-corrected chi connectivity index (χ3v) is 4.96. The molecule has 1 saturated heterocycles. The average molecular weight is 347 g/mol. The van der Waals surface area contributed by atoms with Gasteiger partial charge in [-0.05, 0) is 57.5 Å². The minimum Gasteiger partial charge on any atom is -0.491 e. The fraction of sp³-hybridized carbons (Fsp3) is 0.526. The van der Waals surface area contributed by atoms with Crippen molar-refractivity contribution in [1.29, 1.82) is 0 Å². The van der Waals surface area contributed by atoms with Crippen molar-refractivity contribution < 1.29 is 14.2 Å². The third-order valence-electron chi connectivity index (χ3n) is 4.96. The first-order valence-corrected chi connectivity index (χ1v) is 8.76. The molecule has 5 nitrogen and oxygen atoms in total. The van der Waals surface area contributed by atoms with E-state index >= 15 is 0 Å². The van der Waals surface area contributed by atoms with Crippen LogP contribution >= 0.6 is 0 Å². The summed E-state index contributed by atoms with van der Waals surface area (Å²) in [6.45, 7) is 5.86. The van der Waals surface area contributed by atoms with E-state index in [-0.39, 0.29) is 12.4 Å². The zero-order chi connectivity index (χ0) is 18.0. The topological polar surface area (TPSA) is 50.5 Å². The molecule has 6 heteroatoms. The van der Waals surface area contributed by atoms with E-state index in [9.17, 15) is 9.50 Å². The second kappa shape index (κ2) is 7.54. The van der Waals surface area contributed by atoms with Gasteiger partial charge in [-0.1, -0.05) is 0 Å². The summed E-state index contributed by atoms with van der Waals surface area (Å²) >= 11 is 0. The summed E-state index contributed by atoms with van der Waals surface area (Å²) in [6, 6.07) is 6.15. The minimum atomic E-state index is -0.595. The number of likely N-dealkylation sites (tertiary alicyclic amines) is 1. The maximum Gasteiger partial charge on any atom is 0.123 e. The van der Waals surface area contributed by atoms with E-state index in [0.717, 1.165) is 25.1 Å². The summed E-state index contributed by atoms with van der Waals surface area (Å²) in [5.74, 6) is 0.271. The van der Waals surface area contributed by atoms with Gasteiger partial charge in [0.15, 0.2) is 0 Å². The van der Waals surface area contributed by atoms with Gasteiger partial charge in [-0.15, -0.1) is 0 Å². The highest BCUT2D eigenvalue weighted by atomic mass is 19.1. The van der Waals surface area contributed by atoms with Crippen molar-refractivity contribution in [2.45, 2.75) is 38.8 Å². The van der Waals surface area contributed by atoms with Crippen molar-refractivity contribution in [2.75, 3.05) is 19.7 Å². The number of aliphatic hydroxyl groups excluding tert-OH is 1. The maximum absolute atomic E-state index is 12.9. The highest BCUT2D eigenvalue weighted by Gasteiger charge is 2.31. The lowest BCUT2D eigenvalue weighted by Crippen LogP contribution is -2.35. The molecule has 3 rings (SSSR count). The number of benzene rings is 1. The molecule has 2 heterocycles. The fourth-order valence-electron chi connectivity index (χ4n) is 3.69. The zero-order valence-corrected chi connectivity index (χ0v) is 15.1. The van der Waals surface area contributed by atoms with E-state index < -0.39 is 6.10 Å². The highest BCUT2D eigenvalue weighted by molar-refractivity contribution is 5.29. The third kappa shape index (κ3) is 4.02. The van der Waals surface area contributed by atoms with E-state index in [4.69, 9.17) is 4.74 Å². The van der Waals surface area contributed by atoms with Crippen LogP contribution in [0.15, 0.2) is 24.3 Å². The van der Waals surface area contributed by atoms with Gasteiger partial charge in [0.1, 0.15) is 24.3 Å². The van der Waals surface area contributed by atoms with Crippen LogP contribution in [-0.4, -0.2) is 45.6 Å². The summed E-state index contributed by atoms with van der Waals surface area (Å²) in [5, 5.41) is 14.9. The van der Waals surface area contributed by atoms with Crippen LogP contribution in [0, 0.1) is 19.7 Å². The van der Waals surface area contributed by atoms with E-state index in [1.807, 2.05) is 18.7 Å². The molecule has 0 saturated carbocycles. The summed E-state index contributed by atoms with van der Waals surface area (Å²) in [7, 11) is 1.97. The van der Waals surface area contributed by atoms with Crippen molar-refractivity contribution in [3.63, 3.8) is 0 Å². The smallest absolute Gasteiger partial charge is 0.123 e. The molecule has 1 aliphatic heterocycles. The molecule has 1 aromatic carbocycles. The van der Waals surface area contributed by atoms with Gasteiger partial charge in [-0.2, -0.15) is 5.10 Å². The Labute approximate surface area is 148 Å². The Hall–Kier alpha value is -1.92. The number of β-amino-alcohol motifs (C(OH)–C–C–N with tert-alkyl or cyclic N) is 1. The molecule has 0 aliphatic carbocycles. The Bertz CT molecular complexity index is 714. The number of hydrogen-bond donors (Lipinski definition) is 1. The molecule has 25 heavy (non-hydrogen) atoms. The van der Waals surface area contributed by atoms with Crippen LogP contribution in [0.25, 0.3) is 0 Å². The van der Waals surface area contributed by atoms with Crippen molar-refractivity contribution in [3.05, 3.63) is 47.0 Å². The number of nitrogens with zero attached hydrogens (tertiary/aromatic N) is 3. The van der Waals surface area contributed by atoms with Gasteiger partial charge in [0.25, 0.3) is 0 Å². The Morgan fingerprint density at radius 3 is 2.68 bits per heavy atom. The van der Waals surface area contributed by atoms with Gasteiger partial charge < -0.3 is 9.84 Å². The predicted octanol–water partition coefficient (Wildman–Crippen LogP) is 2.75. The number of rotatable bonds is 6. The molecule has 0 bridgehead atoms. The second-order valence-corrected chi connectivity index (χ2v) is 6.78. The second-order valence-electron chi connectivity index (χ2n) is 6.78. The van der Waals surface area contributed by atoms with E-state index in [1.54, 1.807) is 12.1 Å². The number of aromatic nitrogens is 2. The number of aryl methyl sites for hydroxylation is 2. The van der Waals surface area contributed by atoms with Gasteiger partial charge in [-0.25, -0.2) is 4.39 Å². The van der Waals surface area contributed by atoms with Gasteiger partial charge in [0.2, 0.25) is 0 Å². The van der Waals surface area contributed by atoms with E-state index in [0.29, 0.717) is 18.3 Å². The SMILES string of the molecule is Cc1nn(C)c(C)c1[C@@H]1CCCN1C[C@@H](O)COc1ccc(F)cc1. The molecule has 1 aliphatic rings. The molecule has 0 amide bonds. The number of halogens is 1. The standard InChI is InChI=1S/C19H26FN3O2/c1-13-19(14(2)22(3)21-13)18-5-4-10-23(18)11-16(24)12-25-17-8-6-15(20)7-9-17/h6-9,16,18,24H,4-5,10-12H2,1-3H3/t16-,18+/m1/s1. The molecule has 0 spiro atoms. The van der Waals surface area contributed by atoms with Gasteiger partial charge in [0, 0.05) is 30.9 Å². The molecule has 0 unspecified atom stereocenters. The lowest BCUT2D eigenvalue weighted by atomic mass is 10.0.